The number of nitriles is 1. The number of fused-ring (bicyclic) bond motifs is 1. The van der Waals surface area contributed by atoms with Crippen LogP contribution in [0, 0.1) is 29.6 Å². The molecule has 2 aliphatic carbocycles. The molecule has 1 N–H and O–H groups in total. The predicted octanol–water partition coefficient (Wildman–Crippen LogP) is 6.17. The number of hydrogen-bond donors (Lipinski definition) is 1. The van der Waals surface area contributed by atoms with Crippen LogP contribution in [0.15, 0.2) is 36.7 Å². The van der Waals surface area contributed by atoms with Crippen LogP contribution in [-0.4, -0.2) is 33.0 Å². The number of hydrogen-bond acceptors (Lipinski definition) is 8. The molecule has 186 valence electrons. The first kappa shape index (κ1) is 23.8. The minimum absolute atomic E-state index is 0.214. The van der Waals surface area contributed by atoms with Crippen molar-refractivity contribution >= 4 is 44.5 Å². The van der Waals surface area contributed by atoms with Gasteiger partial charge in [0.05, 0.1) is 30.6 Å². The molecule has 0 saturated heterocycles. The summed E-state index contributed by atoms with van der Waals surface area (Å²) in [5, 5.41) is 12.9. The summed E-state index contributed by atoms with van der Waals surface area (Å²) in [4.78, 5) is 32.2. The molecule has 10 heteroatoms. The summed E-state index contributed by atoms with van der Waals surface area (Å²) in [5.74, 6) is 0.839. The smallest absolute Gasteiger partial charge is 0.259 e. The van der Waals surface area contributed by atoms with Gasteiger partial charge >= 0.3 is 0 Å². The summed E-state index contributed by atoms with van der Waals surface area (Å²) in [6.45, 7) is 1.86. The Balaban J connectivity index is 1.23. The lowest BCUT2D eigenvalue weighted by Gasteiger charge is -2.56. The molecule has 0 radical (unpaired) electrons. The second-order valence-corrected chi connectivity index (χ2v) is 11.4. The van der Waals surface area contributed by atoms with E-state index in [4.69, 9.17) is 26.6 Å². The van der Waals surface area contributed by atoms with Crippen LogP contribution in [0.5, 0.6) is 5.75 Å². The lowest BCUT2D eigenvalue weighted by atomic mass is 9.48. The zero-order chi connectivity index (χ0) is 25.7. The van der Waals surface area contributed by atoms with E-state index >= 15 is 0 Å². The molecular formula is C27H23ClN6O2S. The second-order valence-electron chi connectivity index (χ2n) is 9.95. The Morgan fingerprint density at radius 3 is 2.73 bits per heavy atom. The molecule has 0 unspecified atom stereocenters. The molecule has 3 heterocycles. The normalized spacial score (nSPS) is 22.2. The summed E-state index contributed by atoms with van der Waals surface area (Å²) >= 11 is 7.55. The highest BCUT2D eigenvalue weighted by Gasteiger charge is 2.53. The van der Waals surface area contributed by atoms with Gasteiger partial charge in [-0.25, -0.2) is 9.97 Å². The van der Waals surface area contributed by atoms with Gasteiger partial charge < -0.3 is 4.74 Å². The molecule has 0 bridgehead atoms. The van der Waals surface area contributed by atoms with Gasteiger partial charge in [-0.15, -0.1) is 0 Å². The third-order valence-electron chi connectivity index (χ3n) is 7.42. The SMILES string of the molecule is COc1ccc(Cl)cc1-c1cc(C)ncc1C(=O)Nc1nc2ncc(C3CC4(CC(C#N)C4)C3)nc2s1. The minimum atomic E-state index is -0.346. The molecule has 6 rings (SSSR count). The molecule has 2 fully saturated rings. The van der Waals surface area contributed by atoms with Crippen molar-refractivity contribution in [2.24, 2.45) is 11.3 Å². The fourth-order valence-electron chi connectivity index (χ4n) is 5.61. The van der Waals surface area contributed by atoms with Gasteiger partial charge in [0.25, 0.3) is 5.91 Å². The molecule has 0 aliphatic heterocycles. The van der Waals surface area contributed by atoms with Gasteiger partial charge in [-0.2, -0.15) is 10.2 Å². The van der Waals surface area contributed by atoms with E-state index in [1.807, 2.05) is 13.0 Å². The first-order valence-corrected chi connectivity index (χ1v) is 13.2. The monoisotopic (exact) mass is 530 g/mol. The number of nitrogens with zero attached hydrogens (tertiary/aromatic N) is 5. The molecule has 4 aromatic rings. The maximum absolute atomic E-state index is 13.4. The van der Waals surface area contributed by atoms with Crippen LogP contribution in [0.2, 0.25) is 5.02 Å². The fraction of sp³-hybridized carbons (Fsp3) is 0.333. The molecule has 1 amide bonds. The van der Waals surface area contributed by atoms with Gasteiger partial charge in [0.2, 0.25) is 0 Å². The average molecular weight is 531 g/mol. The highest BCUT2D eigenvalue weighted by Crippen LogP contribution is 2.63. The van der Waals surface area contributed by atoms with Gasteiger partial charge in [0.1, 0.15) is 5.75 Å². The second kappa shape index (κ2) is 9.05. The van der Waals surface area contributed by atoms with Crippen molar-refractivity contribution in [1.82, 2.24) is 19.9 Å². The van der Waals surface area contributed by atoms with E-state index < -0.39 is 0 Å². The van der Waals surface area contributed by atoms with E-state index in [1.54, 1.807) is 37.7 Å². The van der Waals surface area contributed by atoms with E-state index in [2.05, 4.69) is 26.3 Å². The van der Waals surface area contributed by atoms with Crippen LogP contribution in [0.1, 0.15) is 53.3 Å². The van der Waals surface area contributed by atoms with E-state index in [9.17, 15) is 4.79 Å². The number of ether oxygens (including phenoxy) is 1. The number of aryl methyl sites for hydroxylation is 1. The predicted molar refractivity (Wildman–Crippen MR) is 142 cm³/mol. The molecule has 0 atom stereocenters. The van der Waals surface area contributed by atoms with Crippen molar-refractivity contribution in [3.05, 3.63) is 58.6 Å². The molecule has 1 aromatic carbocycles. The standard InChI is InChI=1S/C27H23ClN6O2S/c1-14-5-18(19-6-17(28)3-4-22(19)36-2)20(12-30-14)24(35)34-26-33-23-25(37-26)32-21(13-31-23)16-9-27(10-16)7-15(8-27)11-29/h3-6,12-13,15-16H,7-10H2,1-2H3,(H,31,33,34,35). The van der Waals surface area contributed by atoms with Crippen molar-refractivity contribution in [3.63, 3.8) is 0 Å². The van der Waals surface area contributed by atoms with Gasteiger partial charge in [-0.05, 0) is 62.3 Å². The molecule has 2 saturated carbocycles. The third-order valence-corrected chi connectivity index (χ3v) is 8.51. The first-order valence-electron chi connectivity index (χ1n) is 12.0. The lowest BCUT2D eigenvalue weighted by molar-refractivity contribution is -0.0216. The number of anilines is 1. The summed E-state index contributed by atoms with van der Waals surface area (Å²) in [6.07, 6.45) is 7.46. The Labute approximate surface area is 222 Å². The number of halogens is 1. The maximum Gasteiger partial charge on any atom is 0.259 e. The van der Waals surface area contributed by atoms with Crippen molar-refractivity contribution < 1.29 is 9.53 Å². The van der Waals surface area contributed by atoms with E-state index in [-0.39, 0.29) is 11.8 Å². The number of thiazole rings is 1. The number of methoxy groups -OCH3 is 1. The number of aromatic nitrogens is 4. The Morgan fingerprint density at radius 1 is 1.16 bits per heavy atom. The van der Waals surface area contributed by atoms with Crippen molar-refractivity contribution in [2.75, 3.05) is 12.4 Å². The van der Waals surface area contributed by atoms with E-state index in [1.165, 1.54) is 11.3 Å². The van der Waals surface area contributed by atoms with Gasteiger partial charge in [0.15, 0.2) is 15.6 Å². The number of nitrogens with one attached hydrogen (secondary N) is 1. The van der Waals surface area contributed by atoms with E-state index in [0.29, 0.717) is 54.4 Å². The first-order chi connectivity index (χ1) is 17.9. The Hall–Kier alpha value is -3.61. The Morgan fingerprint density at radius 2 is 1.97 bits per heavy atom. The van der Waals surface area contributed by atoms with Crippen LogP contribution in [0.25, 0.3) is 21.6 Å². The Bertz CT molecular complexity index is 1580. The van der Waals surface area contributed by atoms with Crippen LogP contribution in [-0.2, 0) is 0 Å². The lowest BCUT2D eigenvalue weighted by Crippen LogP contribution is -2.46. The number of carbonyl (C=O) groups excluding carboxylic acids is 1. The molecular weight excluding hydrogens is 508 g/mol. The highest BCUT2D eigenvalue weighted by molar-refractivity contribution is 7.21. The summed E-state index contributed by atoms with van der Waals surface area (Å²) in [7, 11) is 1.58. The van der Waals surface area contributed by atoms with Gasteiger partial charge in [0, 0.05) is 39.9 Å². The molecule has 3 aromatic heterocycles. The fourth-order valence-corrected chi connectivity index (χ4v) is 6.58. The summed E-state index contributed by atoms with van der Waals surface area (Å²) in [6, 6.07) is 9.49. The van der Waals surface area contributed by atoms with Crippen molar-refractivity contribution in [3.8, 4) is 22.9 Å². The van der Waals surface area contributed by atoms with Crippen molar-refractivity contribution in [2.45, 2.75) is 38.5 Å². The number of rotatable bonds is 5. The Kier molecular flexibility index (Phi) is 5.81. The van der Waals surface area contributed by atoms with Crippen LogP contribution < -0.4 is 10.1 Å². The van der Waals surface area contributed by atoms with Gasteiger partial charge in [-0.1, -0.05) is 22.9 Å². The topological polar surface area (TPSA) is 114 Å². The largest absolute Gasteiger partial charge is 0.496 e. The molecule has 1 spiro atoms. The van der Waals surface area contributed by atoms with E-state index in [0.717, 1.165) is 37.1 Å². The third kappa shape index (κ3) is 4.30. The zero-order valence-electron chi connectivity index (χ0n) is 20.3. The molecule has 8 nitrogen and oxygen atoms in total. The number of pyridine rings is 1. The van der Waals surface area contributed by atoms with Crippen LogP contribution in [0.3, 0.4) is 0 Å². The number of carbonyl (C=O) groups is 1. The number of benzene rings is 1. The number of amides is 1. The highest BCUT2D eigenvalue weighted by atomic mass is 35.5. The quantitative estimate of drug-likeness (QED) is 0.328. The maximum atomic E-state index is 13.4. The van der Waals surface area contributed by atoms with Crippen LogP contribution in [0.4, 0.5) is 5.13 Å². The summed E-state index contributed by atoms with van der Waals surface area (Å²) < 4.78 is 5.51. The minimum Gasteiger partial charge on any atom is -0.496 e. The zero-order valence-corrected chi connectivity index (χ0v) is 21.9. The summed E-state index contributed by atoms with van der Waals surface area (Å²) in [5.41, 5.74) is 4.30. The van der Waals surface area contributed by atoms with Gasteiger partial charge in [-0.3, -0.25) is 15.1 Å². The molecule has 37 heavy (non-hydrogen) atoms. The van der Waals surface area contributed by atoms with Crippen LogP contribution >= 0.6 is 22.9 Å². The van der Waals surface area contributed by atoms with Crippen molar-refractivity contribution in [1.29, 1.82) is 5.26 Å². The molecule has 2 aliphatic rings. The average Bonchev–Trinajstić information content (AvgIpc) is 3.24.